The maximum absolute atomic E-state index is 12.9. The van der Waals surface area contributed by atoms with Crippen LogP contribution in [-0.4, -0.2) is 5.78 Å². The van der Waals surface area contributed by atoms with E-state index in [0.717, 1.165) is 0 Å². The molecule has 0 bridgehead atoms. The zero-order valence-electron chi connectivity index (χ0n) is 8.99. The van der Waals surface area contributed by atoms with Crippen molar-refractivity contribution in [1.29, 1.82) is 0 Å². The van der Waals surface area contributed by atoms with Crippen molar-refractivity contribution in [2.24, 2.45) is 0 Å². The topological polar surface area (TPSA) is 17.1 Å². The van der Waals surface area contributed by atoms with E-state index >= 15 is 0 Å². The van der Waals surface area contributed by atoms with Crippen LogP contribution in [-0.2, 0) is 6.42 Å². The summed E-state index contributed by atoms with van der Waals surface area (Å²) in [6.07, 6.45) is 0.114. The third kappa shape index (κ3) is 2.97. The van der Waals surface area contributed by atoms with Gasteiger partial charge >= 0.3 is 0 Å². The minimum atomic E-state index is -0.382. The van der Waals surface area contributed by atoms with E-state index in [1.807, 2.05) is 0 Å². The molecule has 0 aliphatic rings. The summed E-state index contributed by atoms with van der Waals surface area (Å²) >= 11 is 0. The maximum atomic E-state index is 12.9. The molecule has 1 nitrogen and oxygen atoms in total. The van der Waals surface area contributed by atoms with Crippen molar-refractivity contribution in [3.63, 3.8) is 0 Å². The van der Waals surface area contributed by atoms with E-state index in [0.29, 0.717) is 11.1 Å². The average Bonchev–Trinajstić information content (AvgIpc) is 2.29. The number of benzene rings is 2. The Kier molecular flexibility index (Phi) is 3.28. The Balaban J connectivity index is 2.14. The first-order valence-corrected chi connectivity index (χ1v) is 5.18. The summed E-state index contributed by atoms with van der Waals surface area (Å²) in [6.45, 7) is 0. The Morgan fingerprint density at radius 3 is 2.29 bits per heavy atom. The lowest BCUT2D eigenvalue weighted by Gasteiger charge is -2.01. The fourth-order valence-corrected chi connectivity index (χ4v) is 1.57. The van der Waals surface area contributed by atoms with Gasteiger partial charge < -0.3 is 0 Å². The number of rotatable bonds is 3. The lowest BCUT2D eigenvalue weighted by Crippen LogP contribution is -2.03. The molecule has 0 aromatic heterocycles. The molecule has 0 heterocycles. The molecule has 0 amide bonds. The van der Waals surface area contributed by atoms with E-state index in [4.69, 9.17) is 0 Å². The molecule has 86 valence electrons. The molecule has 0 aliphatic heterocycles. The normalized spacial score (nSPS) is 10.2. The van der Waals surface area contributed by atoms with Crippen LogP contribution in [0.2, 0.25) is 0 Å². The Labute approximate surface area is 97.7 Å². The number of hydrogen-bond donors (Lipinski definition) is 0. The summed E-state index contributed by atoms with van der Waals surface area (Å²) in [5.41, 5.74) is 1.04. The highest BCUT2D eigenvalue weighted by Gasteiger charge is 2.07. The number of carbonyl (C=O) groups excluding carboxylic acids is 1. The van der Waals surface area contributed by atoms with Crippen molar-refractivity contribution in [2.45, 2.75) is 6.42 Å². The largest absolute Gasteiger partial charge is 0.294 e. The maximum Gasteiger partial charge on any atom is 0.167 e. The van der Waals surface area contributed by atoms with Crippen molar-refractivity contribution >= 4 is 5.78 Å². The SMILES string of the molecule is O=C(Cc1cccc(F)c1)c1ccc(F)cc1. The van der Waals surface area contributed by atoms with Crippen molar-refractivity contribution in [3.8, 4) is 0 Å². The molecule has 0 unspecified atom stereocenters. The highest BCUT2D eigenvalue weighted by molar-refractivity contribution is 5.97. The summed E-state index contributed by atoms with van der Waals surface area (Å²) in [5.74, 6) is -0.905. The van der Waals surface area contributed by atoms with Crippen molar-refractivity contribution in [1.82, 2.24) is 0 Å². The minimum absolute atomic E-state index is 0.114. The van der Waals surface area contributed by atoms with Crippen LogP contribution < -0.4 is 0 Å². The molecule has 0 aliphatic carbocycles. The second-order valence-electron chi connectivity index (χ2n) is 3.74. The molecule has 0 spiro atoms. The van der Waals surface area contributed by atoms with Crippen molar-refractivity contribution < 1.29 is 13.6 Å². The molecular formula is C14H10F2O. The highest BCUT2D eigenvalue weighted by Crippen LogP contribution is 2.10. The van der Waals surface area contributed by atoms with E-state index in [1.165, 1.54) is 36.4 Å². The van der Waals surface area contributed by atoms with E-state index in [2.05, 4.69) is 0 Å². The highest BCUT2D eigenvalue weighted by atomic mass is 19.1. The molecule has 2 aromatic rings. The predicted octanol–water partition coefficient (Wildman–Crippen LogP) is 3.39. The van der Waals surface area contributed by atoms with Gasteiger partial charge in [-0.3, -0.25) is 4.79 Å². The summed E-state index contributed by atoms with van der Waals surface area (Å²) in [4.78, 5) is 11.8. The van der Waals surface area contributed by atoms with Gasteiger partial charge in [-0.1, -0.05) is 12.1 Å². The summed E-state index contributed by atoms with van der Waals surface area (Å²) < 4.78 is 25.6. The van der Waals surface area contributed by atoms with Crippen LogP contribution >= 0.6 is 0 Å². The van der Waals surface area contributed by atoms with E-state index < -0.39 is 0 Å². The average molecular weight is 232 g/mol. The fourth-order valence-electron chi connectivity index (χ4n) is 1.57. The quantitative estimate of drug-likeness (QED) is 0.741. The molecule has 0 saturated heterocycles. The summed E-state index contributed by atoms with van der Waals surface area (Å²) in [6, 6.07) is 11.2. The van der Waals surface area contributed by atoms with Gasteiger partial charge in [0.2, 0.25) is 0 Å². The molecule has 2 aromatic carbocycles. The molecule has 17 heavy (non-hydrogen) atoms. The van der Waals surface area contributed by atoms with Crippen LogP contribution in [0.1, 0.15) is 15.9 Å². The van der Waals surface area contributed by atoms with Gasteiger partial charge in [0.25, 0.3) is 0 Å². The van der Waals surface area contributed by atoms with Gasteiger partial charge in [0.1, 0.15) is 11.6 Å². The molecular weight excluding hydrogens is 222 g/mol. The Bertz CT molecular complexity index is 532. The van der Waals surface area contributed by atoms with Crippen molar-refractivity contribution in [3.05, 3.63) is 71.3 Å². The molecule has 0 radical (unpaired) electrons. The van der Waals surface area contributed by atoms with E-state index in [-0.39, 0.29) is 23.8 Å². The first kappa shape index (κ1) is 11.5. The van der Waals surface area contributed by atoms with Gasteiger partial charge in [-0.05, 0) is 42.0 Å². The number of hydrogen-bond acceptors (Lipinski definition) is 1. The van der Waals surface area contributed by atoms with E-state index in [1.54, 1.807) is 12.1 Å². The third-order valence-electron chi connectivity index (χ3n) is 2.42. The number of carbonyl (C=O) groups is 1. The zero-order chi connectivity index (χ0) is 12.3. The number of Topliss-reactive ketones (excluding diaryl/α,β-unsaturated/α-hetero) is 1. The minimum Gasteiger partial charge on any atom is -0.294 e. The van der Waals surface area contributed by atoms with Crippen LogP contribution in [0, 0.1) is 11.6 Å². The van der Waals surface area contributed by atoms with Gasteiger partial charge in [-0.15, -0.1) is 0 Å². The standard InChI is InChI=1S/C14H10F2O/c15-12-6-4-11(5-7-12)14(17)9-10-2-1-3-13(16)8-10/h1-8H,9H2. The van der Waals surface area contributed by atoms with E-state index in [9.17, 15) is 13.6 Å². The van der Waals surface area contributed by atoms with Crippen LogP contribution in [0.5, 0.6) is 0 Å². The first-order chi connectivity index (χ1) is 8.15. The van der Waals surface area contributed by atoms with Crippen molar-refractivity contribution in [2.75, 3.05) is 0 Å². The first-order valence-electron chi connectivity index (χ1n) is 5.18. The van der Waals surface area contributed by atoms with Crippen LogP contribution in [0.25, 0.3) is 0 Å². The van der Waals surface area contributed by atoms with Gasteiger partial charge in [0, 0.05) is 12.0 Å². The molecule has 2 rings (SSSR count). The lowest BCUT2D eigenvalue weighted by molar-refractivity contribution is 0.0993. The Hall–Kier alpha value is -2.03. The second kappa shape index (κ2) is 4.87. The lowest BCUT2D eigenvalue weighted by atomic mass is 10.0. The van der Waals surface area contributed by atoms with Gasteiger partial charge in [-0.2, -0.15) is 0 Å². The zero-order valence-corrected chi connectivity index (χ0v) is 8.99. The second-order valence-corrected chi connectivity index (χ2v) is 3.74. The Morgan fingerprint density at radius 2 is 1.65 bits per heavy atom. The van der Waals surface area contributed by atoms with Gasteiger partial charge in [0.15, 0.2) is 5.78 Å². The number of halogens is 2. The van der Waals surface area contributed by atoms with Crippen LogP contribution in [0.3, 0.4) is 0 Å². The molecule has 3 heteroatoms. The van der Waals surface area contributed by atoms with Crippen LogP contribution in [0.15, 0.2) is 48.5 Å². The van der Waals surface area contributed by atoms with Gasteiger partial charge in [0.05, 0.1) is 0 Å². The molecule has 0 saturated carbocycles. The summed E-state index contributed by atoms with van der Waals surface area (Å²) in [7, 11) is 0. The fraction of sp³-hybridized carbons (Fsp3) is 0.0714. The molecule has 0 fully saturated rings. The monoisotopic (exact) mass is 232 g/mol. The smallest absolute Gasteiger partial charge is 0.167 e. The summed E-state index contributed by atoms with van der Waals surface area (Å²) in [5, 5.41) is 0. The Morgan fingerprint density at radius 1 is 0.941 bits per heavy atom. The number of ketones is 1. The van der Waals surface area contributed by atoms with Gasteiger partial charge in [-0.25, -0.2) is 8.78 Å². The van der Waals surface area contributed by atoms with Crippen LogP contribution in [0.4, 0.5) is 8.78 Å². The molecule has 0 atom stereocenters. The molecule has 0 N–H and O–H groups in total. The predicted molar refractivity (Wildman–Crippen MR) is 60.8 cm³/mol. The third-order valence-corrected chi connectivity index (χ3v) is 2.42.